The Morgan fingerprint density at radius 2 is 2.31 bits per heavy atom. The van der Waals surface area contributed by atoms with Crippen molar-refractivity contribution in [3.8, 4) is 0 Å². The molecule has 0 aromatic rings. The molecule has 0 aromatic heterocycles. The van der Waals surface area contributed by atoms with Crippen LogP contribution in [0, 0.1) is 5.92 Å². The van der Waals surface area contributed by atoms with Crippen LogP contribution in [0.3, 0.4) is 0 Å². The first-order chi connectivity index (χ1) is 6.06. The summed E-state index contributed by atoms with van der Waals surface area (Å²) in [6.45, 7) is 7.01. The Kier molecular flexibility index (Phi) is 3.27. The Morgan fingerprint density at radius 3 is 2.69 bits per heavy atom. The molecule has 1 fully saturated rings. The van der Waals surface area contributed by atoms with Crippen molar-refractivity contribution in [3.63, 3.8) is 0 Å². The Hall–Kier alpha value is -0.610. The van der Waals surface area contributed by atoms with Crippen molar-refractivity contribution in [2.45, 2.75) is 39.3 Å². The number of amides is 1. The zero-order valence-corrected chi connectivity index (χ0v) is 8.49. The average Bonchev–Trinajstić information content (AvgIpc) is 2.31. The molecular weight excluding hydrogens is 168 g/mol. The molecule has 0 aliphatic carbocycles. The first-order valence-electron chi connectivity index (χ1n) is 4.72. The average molecular weight is 186 g/mol. The predicted molar refractivity (Wildman–Crippen MR) is 49.7 cm³/mol. The van der Waals surface area contributed by atoms with Gasteiger partial charge in [-0.1, -0.05) is 13.8 Å². The maximum Gasteiger partial charge on any atom is 0.254 e. The number of carbonyl (C=O) groups is 1. The maximum absolute atomic E-state index is 11.6. The van der Waals surface area contributed by atoms with Crippen LogP contribution in [0.15, 0.2) is 0 Å². The fourth-order valence-corrected chi connectivity index (χ4v) is 1.72. The number of likely N-dealkylation sites (tertiary alicyclic amines) is 1. The van der Waals surface area contributed by atoms with E-state index >= 15 is 0 Å². The van der Waals surface area contributed by atoms with Crippen LogP contribution in [0.1, 0.15) is 27.2 Å². The fourth-order valence-electron chi connectivity index (χ4n) is 1.72. The van der Waals surface area contributed by atoms with E-state index < -0.39 is 6.10 Å². The molecule has 0 bridgehead atoms. The molecule has 2 N–H and O–H groups in total. The number of rotatable bonds is 3. The minimum absolute atomic E-state index is 0.0312. The van der Waals surface area contributed by atoms with Crippen LogP contribution < -0.4 is 5.90 Å². The SMILES string of the molecule is CC(C)CN1C(=O)C(ON)CC1C. The first kappa shape index (κ1) is 10.5. The van der Waals surface area contributed by atoms with Crippen molar-refractivity contribution in [1.82, 2.24) is 4.90 Å². The second kappa shape index (κ2) is 4.07. The topological polar surface area (TPSA) is 55.6 Å². The third kappa shape index (κ3) is 2.19. The molecule has 0 saturated carbocycles. The zero-order chi connectivity index (χ0) is 10.0. The summed E-state index contributed by atoms with van der Waals surface area (Å²) >= 11 is 0. The van der Waals surface area contributed by atoms with Crippen molar-refractivity contribution in [2.24, 2.45) is 11.8 Å². The lowest BCUT2D eigenvalue weighted by Gasteiger charge is -2.23. The van der Waals surface area contributed by atoms with Crippen LogP contribution in [-0.4, -0.2) is 29.5 Å². The maximum atomic E-state index is 11.6. The van der Waals surface area contributed by atoms with Crippen molar-refractivity contribution in [2.75, 3.05) is 6.54 Å². The molecule has 1 amide bonds. The van der Waals surface area contributed by atoms with E-state index in [1.165, 1.54) is 0 Å². The summed E-state index contributed by atoms with van der Waals surface area (Å²) in [5.41, 5.74) is 0. The lowest BCUT2D eigenvalue weighted by molar-refractivity contribution is -0.138. The van der Waals surface area contributed by atoms with Gasteiger partial charge in [0.15, 0.2) is 6.10 Å². The molecule has 0 aromatic carbocycles. The van der Waals surface area contributed by atoms with Gasteiger partial charge in [0, 0.05) is 19.0 Å². The van der Waals surface area contributed by atoms with Gasteiger partial charge in [0.25, 0.3) is 5.91 Å². The molecule has 4 heteroatoms. The lowest BCUT2D eigenvalue weighted by Crippen LogP contribution is -2.37. The van der Waals surface area contributed by atoms with Crippen LogP contribution in [-0.2, 0) is 9.63 Å². The molecule has 2 atom stereocenters. The third-order valence-corrected chi connectivity index (χ3v) is 2.37. The molecule has 1 saturated heterocycles. The minimum atomic E-state index is -0.422. The monoisotopic (exact) mass is 186 g/mol. The fraction of sp³-hybridized carbons (Fsp3) is 0.889. The second-order valence-electron chi connectivity index (χ2n) is 4.09. The van der Waals surface area contributed by atoms with Gasteiger partial charge in [-0.25, -0.2) is 5.90 Å². The standard InChI is InChI=1S/C9H18N2O2/c1-6(2)5-11-7(3)4-8(13-10)9(11)12/h6-8H,4-5,10H2,1-3H3. The van der Waals surface area contributed by atoms with Crippen molar-refractivity contribution >= 4 is 5.91 Å². The van der Waals surface area contributed by atoms with E-state index in [0.717, 1.165) is 6.54 Å². The highest BCUT2D eigenvalue weighted by Crippen LogP contribution is 2.21. The van der Waals surface area contributed by atoms with Crippen LogP contribution in [0.25, 0.3) is 0 Å². The summed E-state index contributed by atoms with van der Waals surface area (Å²) in [5.74, 6) is 5.55. The smallest absolute Gasteiger partial charge is 0.254 e. The second-order valence-corrected chi connectivity index (χ2v) is 4.09. The summed E-state index contributed by atoms with van der Waals surface area (Å²) < 4.78 is 0. The van der Waals surface area contributed by atoms with Gasteiger partial charge in [-0.3, -0.25) is 9.63 Å². The van der Waals surface area contributed by atoms with Gasteiger partial charge in [0.1, 0.15) is 0 Å². The molecule has 2 unspecified atom stereocenters. The molecule has 0 spiro atoms. The molecule has 1 heterocycles. The van der Waals surface area contributed by atoms with Gasteiger partial charge >= 0.3 is 0 Å². The highest BCUT2D eigenvalue weighted by molar-refractivity contribution is 5.83. The molecule has 4 nitrogen and oxygen atoms in total. The summed E-state index contributed by atoms with van der Waals surface area (Å²) in [7, 11) is 0. The summed E-state index contributed by atoms with van der Waals surface area (Å²) in [6.07, 6.45) is 0.288. The number of nitrogens with zero attached hydrogens (tertiary/aromatic N) is 1. The summed E-state index contributed by atoms with van der Waals surface area (Å²) in [6, 6.07) is 0.253. The molecule has 1 aliphatic rings. The van der Waals surface area contributed by atoms with E-state index in [9.17, 15) is 4.79 Å². The van der Waals surface area contributed by atoms with Crippen LogP contribution >= 0.6 is 0 Å². The summed E-state index contributed by atoms with van der Waals surface area (Å²) in [4.78, 5) is 18.1. The van der Waals surface area contributed by atoms with Crippen molar-refractivity contribution in [1.29, 1.82) is 0 Å². The van der Waals surface area contributed by atoms with Gasteiger partial charge in [-0.05, 0) is 12.8 Å². The Bertz CT molecular complexity index is 194. The van der Waals surface area contributed by atoms with Gasteiger partial charge in [-0.2, -0.15) is 0 Å². The van der Waals surface area contributed by atoms with E-state index in [0.29, 0.717) is 12.3 Å². The molecular formula is C9H18N2O2. The third-order valence-electron chi connectivity index (χ3n) is 2.37. The Labute approximate surface area is 79.0 Å². The van der Waals surface area contributed by atoms with Gasteiger partial charge in [0.05, 0.1) is 0 Å². The van der Waals surface area contributed by atoms with Crippen LogP contribution in [0.5, 0.6) is 0 Å². The van der Waals surface area contributed by atoms with E-state index in [1.54, 1.807) is 0 Å². The number of carbonyl (C=O) groups excluding carboxylic acids is 1. The van der Waals surface area contributed by atoms with Crippen molar-refractivity contribution < 1.29 is 9.63 Å². The van der Waals surface area contributed by atoms with Gasteiger partial charge < -0.3 is 4.90 Å². The normalized spacial score (nSPS) is 29.0. The van der Waals surface area contributed by atoms with Gasteiger partial charge in [-0.15, -0.1) is 0 Å². The van der Waals surface area contributed by atoms with Crippen LogP contribution in [0.4, 0.5) is 0 Å². The molecule has 0 radical (unpaired) electrons. The zero-order valence-electron chi connectivity index (χ0n) is 8.49. The molecule has 13 heavy (non-hydrogen) atoms. The van der Waals surface area contributed by atoms with E-state index in [2.05, 4.69) is 18.7 Å². The van der Waals surface area contributed by atoms with Gasteiger partial charge in [0.2, 0.25) is 0 Å². The highest BCUT2D eigenvalue weighted by atomic mass is 16.6. The number of hydrogen-bond donors (Lipinski definition) is 1. The van der Waals surface area contributed by atoms with E-state index in [1.807, 2.05) is 11.8 Å². The quantitative estimate of drug-likeness (QED) is 0.654. The molecule has 1 rings (SSSR count). The van der Waals surface area contributed by atoms with Crippen LogP contribution in [0.2, 0.25) is 0 Å². The van der Waals surface area contributed by atoms with E-state index in [-0.39, 0.29) is 11.9 Å². The molecule has 1 aliphatic heterocycles. The van der Waals surface area contributed by atoms with Crippen molar-refractivity contribution in [3.05, 3.63) is 0 Å². The number of nitrogens with two attached hydrogens (primary N) is 1. The predicted octanol–water partition coefficient (Wildman–Crippen LogP) is 0.522. The Balaban J connectivity index is 2.59. The Morgan fingerprint density at radius 1 is 1.69 bits per heavy atom. The molecule has 76 valence electrons. The largest absolute Gasteiger partial charge is 0.337 e. The number of hydrogen-bond acceptors (Lipinski definition) is 3. The van der Waals surface area contributed by atoms with E-state index in [4.69, 9.17) is 5.90 Å². The first-order valence-corrected chi connectivity index (χ1v) is 4.72. The summed E-state index contributed by atoms with van der Waals surface area (Å²) in [5, 5.41) is 0. The highest BCUT2D eigenvalue weighted by Gasteiger charge is 2.37. The lowest BCUT2D eigenvalue weighted by atomic mass is 10.2. The minimum Gasteiger partial charge on any atom is -0.337 e.